The van der Waals surface area contributed by atoms with E-state index in [0.29, 0.717) is 11.8 Å². The molecule has 0 saturated heterocycles. The van der Waals surface area contributed by atoms with Crippen LogP contribution in [0.3, 0.4) is 0 Å². The highest BCUT2D eigenvalue weighted by Gasteiger charge is 2.45. The van der Waals surface area contributed by atoms with Crippen LogP contribution in [0.5, 0.6) is 0 Å². The third kappa shape index (κ3) is 2.06. The van der Waals surface area contributed by atoms with Crippen molar-refractivity contribution in [3.05, 3.63) is 22.4 Å². The molecule has 1 amide bonds. The molecule has 0 spiro atoms. The first-order valence-electron chi connectivity index (χ1n) is 5.13. The lowest BCUT2D eigenvalue weighted by Crippen LogP contribution is -2.35. The van der Waals surface area contributed by atoms with Gasteiger partial charge in [0.15, 0.2) is 0 Å². The maximum absolute atomic E-state index is 11.0. The molecule has 1 aliphatic carbocycles. The van der Waals surface area contributed by atoms with Crippen molar-refractivity contribution in [2.24, 2.45) is 5.92 Å². The second-order valence-electron chi connectivity index (χ2n) is 4.13. The molecule has 82 valence electrons. The summed E-state index contributed by atoms with van der Waals surface area (Å²) in [6, 6.07) is 4.09. The van der Waals surface area contributed by atoms with Crippen molar-refractivity contribution < 1.29 is 10.0 Å². The topological polar surface area (TPSA) is 40.5 Å². The van der Waals surface area contributed by atoms with Gasteiger partial charge in [0.25, 0.3) is 0 Å². The van der Waals surface area contributed by atoms with Crippen LogP contribution in [0.1, 0.15) is 31.1 Å². The number of hydroxylamine groups is 2. The highest BCUT2D eigenvalue weighted by Crippen LogP contribution is 2.51. The normalized spacial score (nSPS) is 26.1. The van der Waals surface area contributed by atoms with Crippen LogP contribution in [0.2, 0.25) is 0 Å². The Morgan fingerprint density at radius 3 is 3.00 bits per heavy atom. The molecule has 1 heterocycles. The van der Waals surface area contributed by atoms with Gasteiger partial charge in [-0.2, -0.15) is 0 Å². The van der Waals surface area contributed by atoms with Crippen LogP contribution >= 0.6 is 11.3 Å². The Labute approximate surface area is 93.3 Å². The molecule has 1 N–H and O–H groups in total. The fourth-order valence-corrected chi connectivity index (χ4v) is 2.96. The quantitative estimate of drug-likeness (QED) is 0.634. The standard InChI is InChI=1S/C11H15NO2S/c1-7(12(14)8(2)13)9-6-10(9)11-4-3-5-15-11/h3-5,7,9-10,14H,6H2,1-2H3. The Kier molecular flexibility index (Phi) is 2.80. The summed E-state index contributed by atoms with van der Waals surface area (Å²) in [5, 5.41) is 12.4. The minimum absolute atomic E-state index is 0.0744. The summed E-state index contributed by atoms with van der Waals surface area (Å²) in [4.78, 5) is 12.4. The summed E-state index contributed by atoms with van der Waals surface area (Å²) < 4.78 is 0. The van der Waals surface area contributed by atoms with Gasteiger partial charge in [-0.1, -0.05) is 6.07 Å². The predicted octanol–water partition coefficient (Wildman–Crippen LogP) is 2.48. The SMILES string of the molecule is CC(=O)N(O)C(C)C1CC1c1cccs1. The van der Waals surface area contributed by atoms with Crippen LogP contribution in [-0.2, 0) is 4.79 Å². The fraction of sp³-hybridized carbons (Fsp3) is 0.545. The van der Waals surface area contributed by atoms with Gasteiger partial charge >= 0.3 is 0 Å². The minimum Gasteiger partial charge on any atom is -0.286 e. The van der Waals surface area contributed by atoms with Gasteiger partial charge in [-0.15, -0.1) is 11.3 Å². The van der Waals surface area contributed by atoms with Crippen LogP contribution in [0.25, 0.3) is 0 Å². The number of nitrogens with zero attached hydrogens (tertiary/aromatic N) is 1. The van der Waals surface area contributed by atoms with Crippen molar-refractivity contribution in [2.45, 2.75) is 32.2 Å². The van der Waals surface area contributed by atoms with E-state index in [9.17, 15) is 10.0 Å². The lowest BCUT2D eigenvalue weighted by Gasteiger charge is -2.21. The van der Waals surface area contributed by atoms with Crippen LogP contribution in [0, 0.1) is 5.92 Å². The van der Waals surface area contributed by atoms with Crippen LogP contribution in [-0.4, -0.2) is 22.2 Å². The molecule has 0 radical (unpaired) electrons. The van der Waals surface area contributed by atoms with Gasteiger partial charge in [0.1, 0.15) is 0 Å². The van der Waals surface area contributed by atoms with E-state index in [1.165, 1.54) is 11.8 Å². The summed E-state index contributed by atoms with van der Waals surface area (Å²) in [5.41, 5.74) is 0. The van der Waals surface area contributed by atoms with Gasteiger partial charge in [-0.3, -0.25) is 10.0 Å². The van der Waals surface area contributed by atoms with Gasteiger partial charge in [0, 0.05) is 11.8 Å². The fourth-order valence-electron chi connectivity index (χ4n) is 2.05. The van der Waals surface area contributed by atoms with Crippen molar-refractivity contribution in [3.8, 4) is 0 Å². The first-order valence-corrected chi connectivity index (χ1v) is 6.01. The zero-order valence-electron chi connectivity index (χ0n) is 8.88. The van der Waals surface area contributed by atoms with Crippen molar-refractivity contribution in [1.29, 1.82) is 0 Å². The van der Waals surface area contributed by atoms with Gasteiger partial charge in [0.05, 0.1) is 6.04 Å². The molecular formula is C11H15NO2S. The van der Waals surface area contributed by atoms with E-state index in [1.54, 1.807) is 11.3 Å². The zero-order chi connectivity index (χ0) is 11.0. The van der Waals surface area contributed by atoms with Crippen molar-refractivity contribution in [1.82, 2.24) is 5.06 Å². The lowest BCUT2D eigenvalue weighted by molar-refractivity contribution is -0.173. The highest BCUT2D eigenvalue weighted by molar-refractivity contribution is 7.10. The van der Waals surface area contributed by atoms with Gasteiger partial charge in [-0.05, 0) is 36.6 Å². The summed E-state index contributed by atoms with van der Waals surface area (Å²) in [6.45, 7) is 3.29. The second-order valence-corrected chi connectivity index (χ2v) is 5.10. The molecule has 0 aliphatic heterocycles. The first-order chi connectivity index (χ1) is 7.11. The van der Waals surface area contributed by atoms with Gasteiger partial charge in [0.2, 0.25) is 5.91 Å². The van der Waals surface area contributed by atoms with Crippen LogP contribution < -0.4 is 0 Å². The third-order valence-electron chi connectivity index (χ3n) is 3.08. The number of carbonyl (C=O) groups is 1. The molecule has 1 saturated carbocycles. The largest absolute Gasteiger partial charge is 0.286 e. The molecule has 0 bridgehead atoms. The molecule has 0 aromatic carbocycles. The van der Waals surface area contributed by atoms with E-state index in [-0.39, 0.29) is 11.9 Å². The molecular weight excluding hydrogens is 210 g/mol. The summed E-state index contributed by atoms with van der Waals surface area (Å²) >= 11 is 1.75. The van der Waals surface area contributed by atoms with E-state index in [1.807, 2.05) is 13.0 Å². The number of thiophene rings is 1. The molecule has 2 rings (SSSR count). The third-order valence-corrected chi connectivity index (χ3v) is 4.08. The van der Waals surface area contributed by atoms with Crippen molar-refractivity contribution >= 4 is 17.2 Å². The Morgan fingerprint density at radius 1 is 1.73 bits per heavy atom. The maximum Gasteiger partial charge on any atom is 0.243 e. The van der Waals surface area contributed by atoms with Crippen LogP contribution in [0.15, 0.2) is 17.5 Å². The number of amides is 1. The maximum atomic E-state index is 11.0. The Hall–Kier alpha value is -0.870. The number of rotatable bonds is 3. The van der Waals surface area contributed by atoms with Crippen LogP contribution in [0.4, 0.5) is 0 Å². The van der Waals surface area contributed by atoms with Gasteiger partial charge < -0.3 is 0 Å². The zero-order valence-corrected chi connectivity index (χ0v) is 9.70. The summed E-state index contributed by atoms with van der Waals surface area (Å²) in [5.74, 6) is 0.672. The van der Waals surface area contributed by atoms with Crippen molar-refractivity contribution in [2.75, 3.05) is 0 Å². The Balaban J connectivity index is 1.96. The molecule has 3 nitrogen and oxygen atoms in total. The van der Waals surface area contributed by atoms with E-state index < -0.39 is 0 Å². The van der Waals surface area contributed by atoms with Gasteiger partial charge in [-0.25, -0.2) is 5.06 Å². The molecule has 1 aromatic rings. The lowest BCUT2D eigenvalue weighted by atomic mass is 10.1. The molecule has 3 atom stereocenters. The number of hydrogen-bond donors (Lipinski definition) is 1. The predicted molar refractivity (Wildman–Crippen MR) is 58.9 cm³/mol. The molecule has 15 heavy (non-hydrogen) atoms. The molecule has 1 aromatic heterocycles. The first kappa shape index (κ1) is 10.6. The molecule has 3 unspecified atom stereocenters. The molecule has 4 heteroatoms. The Morgan fingerprint density at radius 2 is 2.47 bits per heavy atom. The smallest absolute Gasteiger partial charge is 0.243 e. The average molecular weight is 225 g/mol. The van der Waals surface area contributed by atoms with E-state index in [4.69, 9.17) is 0 Å². The minimum atomic E-state index is -0.278. The van der Waals surface area contributed by atoms with E-state index in [2.05, 4.69) is 11.4 Å². The number of hydrogen-bond acceptors (Lipinski definition) is 3. The number of carbonyl (C=O) groups excluding carboxylic acids is 1. The second kappa shape index (κ2) is 3.94. The summed E-state index contributed by atoms with van der Waals surface area (Å²) in [6.07, 6.45) is 1.08. The highest BCUT2D eigenvalue weighted by atomic mass is 32.1. The average Bonchev–Trinajstić information content (AvgIpc) is 2.82. The molecule has 1 aliphatic rings. The van der Waals surface area contributed by atoms with Crippen molar-refractivity contribution in [3.63, 3.8) is 0 Å². The van der Waals surface area contributed by atoms with E-state index in [0.717, 1.165) is 11.5 Å². The Bertz CT molecular complexity index is 349. The summed E-state index contributed by atoms with van der Waals surface area (Å²) in [7, 11) is 0. The monoisotopic (exact) mass is 225 g/mol. The van der Waals surface area contributed by atoms with E-state index >= 15 is 0 Å². The molecule has 1 fully saturated rings.